The minimum Gasteiger partial charge on any atom is -0.465 e. The summed E-state index contributed by atoms with van der Waals surface area (Å²) in [7, 11) is 0. The lowest BCUT2D eigenvalue weighted by Crippen LogP contribution is -1.98. The summed E-state index contributed by atoms with van der Waals surface area (Å²) < 4.78 is 10.5. The van der Waals surface area contributed by atoms with Gasteiger partial charge in [0.2, 0.25) is 5.78 Å². The maximum Gasteiger partial charge on any atom is 0.298 e. The van der Waals surface area contributed by atoms with Crippen LogP contribution < -0.4 is 0 Å². The molecule has 0 atom stereocenters. The Labute approximate surface area is 98.4 Å². The Kier molecular flexibility index (Phi) is 3.51. The molecule has 84 valence electrons. The second kappa shape index (κ2) is 5.07. The molecule has 0 aliphatic carbocycles. The quantitative estimate of drug-likeness (QED) is 0.805. The third-order valence-electron chi connectivity index (χ3n) is 2.01. The average molecular weight is 236 g/mol. The summed E-state index contributed by atoms with van der Waals surface area (Å²) in [4.78, 5) is 13.2. The third kappa shape index (κ3) is 2.39. The molecule has 0 aromatic heterocycles. The van der Waals surface area contributed by atoms with Crippen LogP contribution in [-0.2, 0) is 14.3 Å². The maximum absolute atomic E-state index is 11.6. The molecule has 16 heavy (non-hydrogen) atoms. The zero-order chi connectivity index (χ0) is 11.4. The van der Waals surface area contributed by atoms with Gasteiger partial charge in [0, 0.05) is 4.90 Å². The van der Waals surface area contributed by atoms with Crippen molar-refractivity contribution >= 4 is 17.5 Å². The van der Waals surface area contributed by atoms with Gasteiger partial charge in [0.25, 0.3) is 5.95 Å². The minimum absolute atomic E-state index is 0.0164. The molecule has 0 radical (unpaired) electrons. The molecule has 0 saturated carbocycles. The minimum atomic E-state index is -0.0164. The highest BCUT2D eigenvalue weighted by Gasteiger charge is 2.27. The van der Waals surface area contributed by atoms with Crippen molar-refractivity contribution < 1.29 is 14.3 Å². The molecule has 0 fully saturated rings. The zero-order valence-electron chi connectivity index (χ0n) is 8.93. The van der Waals surface area contributed by atoms with Crippen molar-refractivity contribution in [3.05, 3.63) is 41.2 Å². The van der Waals surface area contributed by atoms with E-state index in [1.54, 1.807) is 0 Å². The molecule has 0 bridgehead atoms. The molecule has 1 aromatic carbocycles. The molecule has 3 nitrogen and oxygen atoms in total. The van der Waals surface area contributed by atoms with E-state index in [0.29, 0.717) is 17.5 Å². The summed E-state index contributed by atoms with van der Waals surface area (Å²) >= 11 is 1.39. The Balaban J connectivity index is 2.18. The molecule has 0 unspecified atom stereocenters. The van der Waals surface area contributed by atoms with Gasteiger partial charge in [0.05, 0.1) is 6.61 Å². The fourth-order valence-corrected chi connectivity index (χ4v) is 2.22. The van der Waals surface area contributed by atoms with E-state index in [1.165, 1.54) is 11.8 Å². The van der Waals surface area contributed by atoms with Gasteiger partial charge in [-0.1, -0.05) is 30.0 Å². The number of Topliss-reactive ketones (excluding diaryl/α,β-unsaturated/α-hetero) is 1. The molecular weight excluding hydrogens is 224 g/mol. The fourth-order valence-electron chi connectivity index (χ4n) is 1.32. The lowest BCUT2D eigenvalue weighted by Gasteiger charge is -2.04. The van der Waals surface area contributed by atoms with Crippen molar-refractivity contribution in [3.63, 3.8) is 0 Å². The van der Waals surface area contributed by atoms with Crippen LogP contribution >= 0.6 is 11.8 Å². The molecule has 2 rings (SSSR count). The van der Waals surface area contributed by atoms with Gasteiger partial charge in [-0.25, -0.2) is 0 Å². The Morgan fingerprint density at radius 2 is 2.12 bits per heavy atom. The topological polar surface area (TPSA) is 35.5 Å². The summed E-state index contributed by atoms with van der Waals surface area (Å²) in [5.74, 6) is 0.346. The van der Waals surface area contributed by atoms with E-state index >= 15 is 0 Å². The summed E-state index contributed by atoms with van der Waals surface area (Å²) in [5, 5.41) is 0. The third-order valence-corrected chi connectivity index (χ3v) is 3.12. The van der Waals surface area contributed by atoms with Crippen molar-refractivity contribution in [1.29, 1.82) is 0 Å². The van der Waals surface area contributed by atoms with Gasteiger partial charge in [-0.05, 0) is 19.1 Å². The summed E-state index contributed by atoms with van der Waals surface area (Å²) in [6.07, 6.45) is 0. The van der Waals surface area contributed by atoms with Crippen molar-refractivity contribution in [2.45, 2.75) is 11.8 Å². The zero-order valence-corrected chi connectivity index (χ0v) is 9.75. The summed E-state index contributed by atoms with van der Waals surface area (Å²) in [6, 6.07) is 9.71. The molecular formula is C12H12O3S. The Bertz CT molecular complexity index is 412. The van der Waals surface area contributed by atoms with Gasteiger partial charge in [0.1, 0.15) is 4.91 Å². The van der Waals surface area contributed by atoms with Crippen LogP contribution in [0.15, 0.2) is 46.1 Å². The molecule has 1 aromatic rings. The van der Waals surface area contributed by atoms with Crippen molar-refractivity contribution in [3.8, 4) is 0 Å². The average Bonchev–Trinajstić information content (AvgIpc) is 2.64. The molecule has 0 amide bonds. The van der Waals surface area contributed by atoms with E-state index in [9.17, 15) is 4.79 Å². The molecule has 1 aliphatic rings. The number of thioether (sulfide) groups is 1. The van der Waals surface area contributed by atoms with Crippen LogP contribution in [0.4, 0.5) is 0 Å². The van der Waals surface area contributed by atoms with E-state index in [1.807, 2.05) is 37.3 Å². The lowest BCUT2D eigenvalue weighted by atomic mass is 10.4. The molecule has 0 N–H and O–H groups in total. The Morgan fingerprint density at radius 3 is 2.81 bits per heavy atom. The normalized spacial score (nSPS) is 15.2. The number of carbonyl (C=O) groups excluding carboxylic acids is 1. The van der Waals surface area contributed by atoms with Crippen LogP contribution in [0.2, 0.25) is 0 Å². The van der Waals surface area contributed by atoms with E-state index in [4.69, 9.17) is 9.47 Å². The lowest BCUT2D eigenvalue weighted by molar-refractivity contribution is -0.116. The largest absolute Gasteiger partial charge is 0.465 e. The highest BCUT2D eigenvalue weighted by atomic mass is 32.2. The first kappa shape index (κ1) is 11.1. The molecule has 0 spiro atoms. The Hall–Kier alpha value is -1.42. The summed E-state index contributed by atoms with van der Waals surface area (Å²) in [5.41, 5.74) is 0. The van der Waals surface area contributed by atoms with Crippen LogP contribution in [-0.4, -0.2) is 19.0 Å². The molecule has 1 heterocycles. The van der Waals surface area contributed by atoms with E-state index in [0.717, 1.165) is 4.90 Å². The van der Waals surface area contributed by atoms with Gasteiger partial charge in [-0.3, -0.25) is 4.79 Å². The van der Waals surface area contributed by atoms with Crippen LogP contribution in [0, 0.1) is 0 Å². The van der Waals surface area contributed by atoms with Gasteiger partial charge in [-0.2, -0.15) is 0 Å². The predicted molar refractivity (Wildman–Crippen MR) is 61.9 cm³/mol. The van der Waals surface area contributed by atoms with Crippen LogP contribution in [0.1, 0.15) is 6.92 Å². The van der Waals surface area contributed by atoms with Crippen molar-refractivity contribution in [2.24, 2.45) is 0 Å². The van der Waals surface area contributed by atoms with Crippen LogP contribution in [0.3, 0.4) is 0 Å². The van der Waals surface area contributed by atoms with Gasteiger partial charge < -0.3 is 9.47 Å². The molecule has 4 heteroatoms. The second-order valence-corrected chi connectivity index (χ2v) is 4.26. The smallest absolute Gasteiger partial charge is 0.298 e. The van der Waals surface area contributed by atoms with E-state index in [2.05, 4.69) is 0 Å². The van der Waals surface area contributed by atoms with Gasteiger partial charge >= 0.3 is 0 Å². The number of carbonyl (C=O) groups is 1. The highest BCUT2D eigenvalue weighted by Crippen LogP contribution is 2.33. The standard InChI is InChI=1S/C12H12O3S/c1-2-14-12-11(10(13)8-15-12)16-9-6-4-3-5-7-9/h3-7H,2,8H2,1H3. The Morgan fingerprint density at radius 1 is 1.38 bits per heavy atom. The maximum atomic E-state index is 11.6. The monoisotopic (exact) mass is 236 g/mol. The number of hydrogen-bond acceptors (Lipinski definition) is 4. The van der Waals surface area contributed by atoms with Crippen molar-refractivity contribution in [1.82, 2.24) is 0 Å². The van der Waals surface area contributed by atoms with Gasteiger partial charge in [0.15, 0.2) is 6.61 Å². The second-order valence-electron chi connectivity index (χ2n) is 3.18. The van der Waals surface area contributed by atoms with Crippen LogP contribution in [0.5, 0.6) is 0 Å². The van der Waals surface area contributed by atoms with E-state index < -0.39 is 0 Å². The SMILES string of the molecule is CCOC1=C(Sc2ccccc2)C(=O)CO1. The molecule has 1 aliphatic heterocycles. The number of ether oxygens (including phenoxy) is 2. The van der Waals surface area contributed by atoms with Crippen molar-refractivity contribution in [2.75, 3.05) is 13.2 Å². The number of rotatable bonds is 4. The molecule has 0 saturated heterocycles. The number of ketones is 1. The first-order valence-corrected chi connectivity index (χ1v) is 5.89. The first-order chi connectivity index (χ1) is 7.81. The van der Waals surface area contributed by atoms with Crippen LogP contribution in [0.25, 0.3) is 0 Å². The predicted octanol–water partition coefficient (Wildman–Crippen LogP) is 2.58. The first-order valence-electron chi connectivity index (χ1n) is 5.07. The number of hydrogen-bond donors (Lipinski definition) is 0. The van der Waals surface area contributed by atoms with E-state index in [-0.39, 0.29) is 12.4 Å². The number of benzene rings is 1. The summed E-state index contributed by atoms with van der Waals surface area (Å²) in [6.45, 7) is 2.45. The fraction of sp³-hybridized carbons (Fsp3) is 0.250. The van der Waals surface area contributed by atoms with Gasteiger partial charge in [-0.15, -0.1) is 0 Å². The highest BCUT2D eigenvalue weighted by molar-refractivity contribution is 8.04.